The van der Waals surface area contributed by atoms with Crippen molar-refractivity contribution < 1.29 is 8.60 Å². The number of aromatic nitrogens is 1. The highest BCUT2D eigenvalue weighted by molar-refractivity contribution is 7.85. The van der Waals surface area contributed by atoms with Crippen molar-refractivity contribution in [3.8, 4) is 0 Å². The zero-order valence-corrected chi connectivity index (χ0v) is 12.1. The van der Waals surface area contributed by atoms with Gasteiger partial charge in [0.2, 0.25) is 0 Å². The SMILES string of the molecule is Cc1ccc(S(=O)c2cn(C)c3cc(F)ccc23)cc1. The molecule has 20 heavy (non-hydrogen) atoms. The van der Waals surface area contributed by atoms with Crippen LogP contribution in [0.4, 0.5) is 4.39 Å². The van der Waals surface area contributed by atoms with Crippen LogP contribution in [0.1, 0.15) is 5.56 Å². The summed E-state index contributed by atoms with van der Waals surface area (Å²) in [5.41, 5.74) is 1.88. The summed E-state index contributed by atoms with van der Waals surface area (Å²) >= 11 is 0. The van der Waals surface area contributed by atoms with Gasteiger partial charge >= 0.3 is 0 Å². The van der Waals surface area contributed by atoms with Crippen LogP contribution in [0.5, 0.6) is 0 Å². The van der Waals surface area contributed by atoms with Gasteiger partial charge in [0.15, 0.2) is 0 Å². The van der Waals surface area contributed by atoms with Crippen LogP contribution in [0.2, 0.25) is 0 Å². The molecule has 0 bridgehead atoms. The van der Waals surface area contributed by atoms with E-state index in [0.29, 0.717) is 4.90 Å². The van der Waals surface area contributed by atoms with Gasteiger partial charge in [-0.1, -0.05) is 17.7 Å². The normalized spacial score (nSPS) is 12.8. The predicted octanol–water partition coefficient (Wildman–Crippen LogP) is 3.79. The van der Waals surface area contributed by atoms with Gasteiger partial charge in [0.05, 0.1) is 21.2 Å². The van der Waals surface area contributed by atoms with Gasteiger partial charge in [0.25, 0.3) is 0 Å². The van der Waals surface area contributed by atoms with Gasteiger partial charge in [-0.05, 0) is 37.3 Å². The Kier molecular flexibility index (Phi) is 3.18. The first-order valence-electron chi connectivity index (χ1n) is 6.29. The summed E-state index contributed by atoms with van der Waals surface area (Å²) in [6.07, 6.45) is 1.81. The second-order valence-electron chi connectivity index (χ2n) is 4.85. The first kappa shape index (κ1) is 13.1. The molecule has 2 nitrogen and oxygen atoms in total. The van der Waals surface area contributed by atoms with Gasteiger partial charge in [-0.15, -0.1) is 0 Å². The molecule has 0 aliphatic carbocycles. The maximum atomic E-state index is 13.3. The Bertz CT molecular complexity index is 805. The molecule has 1 unspecified atom stereocenters. The minimum atomic E-state index is -1.26. The van der Waals surface area contributed by atoms with Crippen LogP contribution in [-0.4, -0.2) is 8.78 Å². The van der Waals surface area contributed by atoms with Gasteiger partial charge in [-0.2, -0.15) is 0 Å². The predicted molar refractivity (Wildman–Crippen MR) is 78.7 cm³/mol. The Balaban J connectivity index is 2.15. The quantitative estimate of drug-likeness (QED) is 0.703. The highest BCUT2D eigenvalue weighted by Gasteiger charge is 2.14. The molecule has 102 valence electrons. The van der Waals surface area contributed by atoms with Crippen LogP contribution in [0, 0.1) is 12.7 Å². The molecule has 0 radical (unpaired) electrons. The second-order valence-corrected chi connectivity index (χ2v) is 6.30. The third kappa shape index (κ3) is 2.16. The molecule has 0 aliphatic rings. The van der Waals surface area contributed by atoms with Crippen LogP contribution in [0.15, 0.2) is 58.5 Å². The zero-order valence-electron chi connectivity index (χ0n) is 11.3. The smallest absolute Gasteiger partial charge is 0.125 e. The molecule has 2 aromatic carbocycles. The van der Waals surface area contributed by atoms with Crippen LogP contribution in [0.25, 0.3) is 10.9 Å². The third-order valence-corrected chi connectivity index (χ3v) is 4.78. The van der Waals surface area contributed by atoms with E-state index in [0.717, 1.165) is 21.4 Å². The molecule has 3 aromatic rings. The van der Waals surface area contributed by atoms with E-state index in [-0.39, 0.29) is 5.82 Å². The Morgan fingerprint density at radius 1 is 1.10 bits per heavy atom. The minimum absolute atomic E-state index is 0.286. The number of aryl methyl sites for hydroxylation is 2. The molecule has 0 aliphatic heterocycles. The fourth-order valence-electron chi connectivity index (χ4n) is 2.26. The van der Waals surface area contributed by atoms with Crippen molar-refractivity contribution in [2.75, 3.05) is 0 Å². The summed E-state index contributed by atoms with van der Waals surface area (Å²) in [6, 6.07) is 12.2. The lowest BCUT2D eigenvalue weighted by molar-refractivity contribution is 0.629. The summed E-state index contributed by atoms with van der Waals surface area (Å²) in [5, 5.41) is 0.827. The molecule has 0 saturated carbocycles. The largest absolute Gasteiger partial charge is 0.349 e. The summed E-state index contributed by atoms with van der Waals surface area (Å²) < 4.78 is 27.8. The number of hydrogen-bond acceptors (Lipinski definition) is 1. The Hall–Kier alpha value is -1.94. The molecular formula is C16H14FNOS. The average molecular weight is 287 g/mol. The van der Waals surface area contributed by atoms with E-state index >= 15 is 0 Å². The highest BCUT2D eigenvalue weighted by Crippen LogP contribution is 2.27. The van der Waals surface area contributed by atoms with Crippen LogP contribution >= 0.6 is 0 Å². The molecule has 0 amide bonds. The van der Waals surface area contributed by atoms with E-state index in [1.165, 1.54) is 12.1 Å². The van der Waals surface area contributed by atoms with Crippen LogP contribution in [0.3, 0.4) is 0 Å². The van der Waals surface area contributed by atoms with Gasteiger partial charge in [-0.3, -0.25) is 0 Å². The molecule has 1 heterocycles. The number of fused-ring (bicyclic) bond motifs is 1. The van der Waals surface area contributed by atoms with E-state index < -0.39 is 10.8 Å². The number of hydrogen-bond donors (Lipinski definition) is 0. The van der Waals surface area contributed by atoms with Gasteiger partial charge in [-0.25, -0.2) is 8.60 Å². The van der Waals surface area contributed by atoms with Crippen molar-refractivity contribution in [3.63, 3.8) is 0 Å². The first-order valence-corrected chi connectivity index (χ1v) is 7.44. The van der Waals surface area contributed by atoms with E-state index in [2.05, 4.69) is 0 Å². The lowest BCUT2D eigenvalue weighted by atomic mass is 10.2. The Morgan fingerprint density at radius 2 is 1.80 bits per heavy atom. The van der Waals surface area contributed by atoms with Gasteiger partial charge in [0.1, 0.15) is 5.82 Å². The number of rotatable bonds is 2. The fourth-order valence-corrected chi connectivity index (χ4v) is 3.52. The van der Waals surface area contributed by atoms with E-state index in [9.17, 15) is 8.60 Å². The summed E-state index contributed by atoms with van der Waals surface area (Å²) in [5.74, 6) is -0.286. The summed E-state index contributed by atoms with van der Waals surface area (Å²) in [4.78, 5) is 1.47. The standard InChI is InChI=1S/C16H14FNOS/c1-11-3-6-13(7-4-11)20(19)16-10-18(2)15-9-12(17)5-8-14(15)16/h3-10H,1-2H3. The molecule has 0 fully saturated rings. The molecule has 1 aromatic heterocycles. The average Bonchev–Trinajstić information content (AvgIpc) is 2.76. The van der Waals surface area contributed by atoms with Crippen molar-refractivity contribution >= 4 is 21.7 Å². The van der Waals surface area contributed by atoms with E-state index in [4.69, 9.17) is 0 Å². The van der Waals surface area contributed by atoms with Crippen LogP contribution in [-0.2, 0) is 17.8 Å². The number of halogens is 1. The third-order valence-electron chi connectivity index (χ3n) is 3.35. The summed E-state index contributed by atoms with van der Waals surface area (Å²) in [7, 11) is 0.572. The van der Waals surface area contributed by atoms with Gasteiger partial charge in [0, 0.05) is 23.5 Å². The lowest BCUT2D eigenvalue weighted by Gasteiger charge is -2.01. The zero-order chi connectivity index (χ0) is 14.3. The fraction of sp³-hybridized carbons (Fsp3) is 0.125. The molecule has 3 rings (SSSR count). The van der Waals surface area contributed by atoms with Crippen molar-refractivity contribution in [2.24, 2.45) is 7.05 Å². The van der Waals surface area contributed by atoms with E-state index in [1.807, 2.05) is 38.2 Å². The monoisotopic (exact) mass is 287 g/mol. The maximum absolute atomic E-state index is 13.3. The molecule has 0 N–H and O–H groups in total. The topological polar surface area (TPSA) is 22.0 Å². The van der Waals surface area contributed by atoms with Crippen molar-refractivity contribution in [3.05, 3.63) is 60.0 Å². The summed E-state index contributed by atoms with van der Waals surface area (Å²) in [6.45, 7) is 1.99. The number of benzene rings is 2. The molecule has 1 atom stereocenters. The van der Waals surface area contributed by atoms with Crippen molar-refractivity contribution in [1.82, 2.24) is 4.57 Å². The first-order chi connectivity index (χ1) is 9.56. The van der Waals surface area contributed by atoms with Crippen LogP contribution < -0.4 is 0 Å². The maximum Gasteiger partial charge on any atom is 0.125 e. The lowest BCUT2D eigenvalue weighted by Crippen LogP contribution is -1.92. The molecular weight excluding hydrogens is 273 g/mol. The highest BCUT2D eigenvalue weighted by atomic mass is 32.2. The number of nitrogens with zero attached hydrogens (tertiary/aromatic N) is 1. The Morgan fingerprint density at radius 3 is 2.50 bits per heavy atom. The second kappa shape index (κ2) is 4.87. The van der Waals surface area contributed by atoms with Gasteiger partial charge < -0.3 is 4.57 Å². The Labute approximate surface area is 119 Å². The molecule has 0 saturated heterocycles. The minimum Gasteiger partial charge on any atom is -0.349 e. The van der Waals surface area contributed by atoms with Crippen molar-refractivity contribution in [1.29, 1.82) is 0 Å². The molecule has 4 heteroatoms. The molecule has 0 spiro atoms. The van der Waals surface area contributed by atoms with E-state index in [1.54, 1.807) is 16.8 Å². The van der Waals surface area contributed by atoms with Crippen molar-refractivity contribution in [2.45, 2.75) is 16.7 Å².